The molecule has 1 nitrogen and oxygen atoms in total. The summed E-state index contributed by atoms with van der Waals surface area (Å²) in [5.41, 5.74) is 1.27. The molecule has 1 aliphatic rings. The van der Waals surface area contributed by atoms with Crippen molar-refractivity contribution in [2.45, 2.75) is 19.4 Å². The van der Waals surface area contributed by atoms with Gasteiger partial charge in [-0.15, -0.1) is 0 Å². The monoisotopic (exact) mass is 97.1 g/mol. The maximum Gasteiger partial charge on any atom is 0.0286 e. The Morgan fingerprint density at radius 2 is 2.43 bits per heavy atom. The summed E-state index contributed by atoms with van der Waals surface area (Å²) in [4.78, 5) is 0. The standard InChI is InChI=1S/C6H11N/c1-5(2)6-3-4-7-6/h6-7H,1,3-4H2,2H3/t6-/m0/s1. The molecular weight excluding hydrogens is 86.1 g/mol. The predicted molar refractivity (Wildman–Crippen MR) is 31.2 cm³/mol. The topological polar surface area (TPSA) is 12.0 Å². The Balaban J connectivity index is 2.27. The summed E-state index contributed by atoms with van der Waals surface area (Å²) in [5, 5.41) is 3.25. The molecule has 0 unspecified atom stereocenters. The van der Waals surface area contributed by atoms with E-state index in [9.17, 15) is 0 Å². The molecule has 1 aliphatic heterocycles. The molecule has 0 radical (unpaired) electrons. The zero-order valence-corrected chi connectivity index (χ0v) is 4.70. The Labute approximate surface area is 44.4 Å². The van der Waals surface area contributed by atoms with Gasteiger partial charge in [-0.25, -0.2) is 0 Å². The van der Waals surface area contributed by atoms with Crippen molar-refractivity contribution in [3.63, 3.8) is 0 Å². The van der Waals surface area contributed by atoms with Crippen LogP contribution in [0.2, 0.25) is 0 Å². The van der Waals surface area contributed by atoms with Crippen LogP contribution >= 0.6 is 0 Å². The Morgan fingerprint density at radius 3 is 2.43 bits per heavy atom. The maximum atomic E-state index is 3.81. The highest BCUT2D eigenvalue weighted by Crippen LogP contribution is 2.08. The maximum absolute atomic E-state index is 3.81. The van der Waals surface area contributed by atoms with Crippen molar-refractivity contribution in [1.82, 2.24) is 5.32 Å². The first kappa shape index (κ1) is 4.85. The summed E-state index contributed by atoms with van der Waals surface area (Å²) in [6.45, 7) is 7.06. The van der Waals surface area contributed by atoms with Crippen molar-refractivity contribution >= 4 is 0 Å². The molecule has 1 rings (SSSR count). The van der Waals surface area contributed by atoms with Crippen LogP contribution < -0.4 is 5.32 Å². The summed E-state index contributed by atoms with van der Waals surface area (Å²) >= 11 is 0. The molecule has 0 aromatic heterocycles. The highest BCUT2D eigenvalue weighted by Gasteiger charge is 2.15. The van der Waals surface area contributed by atoms with Gasteiger partial charge in [-0.3, -0.25) is 0 Å². The molecule has 1 atom stereocenters. The average Bonchev–Trinajstić information content (AvgIpc) is 1.23. The van der Waals surface area contributed by atoms with E-state index in [4.69, 9.17) is 0 Å². The van der Waals surface area contributed by atoms with Crippen LogP contribution in [0.5, 0.6) is 0 Å². The van der Waals surface area contributed by atoms with E-state index in [2.05, 4.69) is 18.8 Å². The minimum atomic E-state index is 0.639. The molecule has 0 bridgehead atoms. The smallest absolute Gasteiger partial charge is 0.0286 e. The summed E-state index contributed by atoms with van der Waals surface area (Å²) in [7, 11) is 0. The fourth-order valence-electron chi connectivity index (χ4n) is 0.709. The van der Waals surface area contributed by atoms with E-state index in [0.717, 1.165) is 0 Å². The van der Waals surface area contributed by atoms with E-state index < -0.39 is 0 Å². The van der Waals surface area contributed by atoms with Crippen LogP contribution in [-0.2, 0) is 0 Å². The molecule has 1 saturated heterocycles. The lowest BCUT2D eigenvalue weighted by Crippen LogP contribution is -2.43. The van der Waals surface area contributed by atoms with Crippen molar-refractivity contribution in [3.8, 4) is 0 Å². The van der Waals surface area contributed by atoms with Gasteiger partial charge in [0.2, 0.25) is 0 Å². The third-order valence-corrected chi connectivity index (χ3v) is 1.42. The van der Waals surface area contributed by atoms with Gasteiger partial charge in [-0.1, -0.05) is 12.2 Å². The van der Waals surface area contributed by atoms with E-state index in [-0.39, 0.29) is 0 Å². The highest BCUT2D eigenvalue weighted by molar-refractivity contribution is 5.05. The fraction of sp³-hybridized carbons (Fsp3) is 0.667. The van der Waals surface area contributed by atoms with Crippen LogP contribution in [0.3, 0.4) is 0 Å². The van der Waals surface area contributed by atoms with Gasteiger partial charge in [0, 0.05) is 6.04 Å². The predicted octanol–water partition coefficient (Wildman–Crippen LogP) is 0.924. The van der Waals surface area contributed by atoms with Crippen molar-refractivity contribution in [2.75, 3.05) is 6.54 Å². The summed E-state index contributed by atoms with van der Waals surface area (Å²) < 4.78 is 0. The molecule has 0 spiro atoms. The van der Waals surface area contributed by atoms with Crippen molar-refractivity contribution < 1.29 is 0 Å². The Kier molecular flexibility index (Phi) is 1.15. The summed E-state index contributed by atoms with van der Waals surface area (Å²) in [5.74, 6) is 0. The van der Waals surface area contributed by atoms with Crippen LogP contribution in [0, 0.1) is 0 Å². The third-order valence-electron chi connectivity index (χ3n) is 1.42. The Morgan fingerprint density at radius 1 is 1.86 bits per heavy atom. The molecule has 1 fully saturated rings. The van der Waals surface area contributed by atoms with Gasteiger partial charge in [-0.05, 0) is 19.9 Å². The zero-order chi connectivity index (χ0) is 5.28. The summed E-state index contributed by atoms with van der Waals surface area (Å²) in [6, 6.07) is 0.639. The lowest BCUT2D eigenvalue weighted by molar-refractivity contribution is 0.419. The van der Waals surface area contributed by atoms with Crippen LogP contribution in [0.25, 0.3) is 0 Å². The molecule has 0 saturated carbocycles. The number of hydrogen-bond donors (Lipinski definition) is 1. The molecular formula is C6H11N. The van der Waals surface area contributed by atoms with Crippen LogP contribution in [0.4, 0.5) is 0 Å². The van der Waals surface area contributed by atoms with E-state index in [1.165, 1.54) is 18.5 Å². The molecule has 0 aromatic carbocycles. The lowest BCUT2D eigenvalue weighted by Gasteiger charge is -2.27. The first-order valence-electron chi connectivity index (χ1n) is 2.69. The van der Waals surface area contributed by atoms with Crippen molar-refractivity contribution in [1.29, 1.82) is 0 Å². The van der Waals surface area contributed by atoms with Gasteiger partial charge in [-0.2, -0.15) is 0 Å². The van der Waals surface area contributed by atoms with Crippen LogP contribution in [0.1, 0.15) is 13.3 Å². The van der Waals surface area contributed by atoms with Gasteiger partial charge in [0.05, 0.1) is 0 Å². The average molecular weight is 97.2 g/mol. The third kappa shape index (κ3) is 0.829. The number of hydrogen-bond acceptors (Lipinski definition) is 1. The van der Waals surface area contributed by atoms with E-state index in [1.54, 1.807) is 0 Å². The molecule has 0 aromatic rings. The first-order valence-corrected chi connectivity index (χ1v) is 2.69. The van der Waals surface area contributed by atoms with E-state index in [1.807, 2.05) is 0 Å². The number of nitrogens with one attached hydrogen (secondary N) is 1. The number of rotatable bonds is 1. The summed E-state index contributed by atoms with van der Waals surface area (Å²) in [6.07, 6.45) is 1.29. The van der Waals surface area contributed by atoms with Gasteiger partial charge in [0.1, 0.15) is 0 Å². The van der Waals surface area contributed by atoms with Crippen molar-refractivity contribution in [2.24, 2.45) is 0 Å². The van der Waals surface area contributed by atoms with Gasteiger partial charge < -0.3 is 5.32 Å². The minimum Gasteiger partial charge on any atom is -0.310 e. The molecule has 40 valence electrons. The van der Waals surface area contributed by atoms with Gasteiger partial charge >= 0.3 is 0 Å². The lowest BCUT2D eigenvalue weighted by atomic mass is 10.0. The highest BCUT2D eigenvalue weighted by atomic mass is 15.0. The van der Waals surface area contributed by atoms with E-state index >= 15 is 0 Å². The van der Waals surface area contributed by atoms with Gasteiger partial charge in [0.15, 0.2) is 0 Å². The van der Waals surface area contributed by atoms with E-state index in [0.29, 0.717) is 6.04 Å². The van der Waals surface area contributed by atoms with Crippen LogP contribution in [-0.4, -0.2) is 12.6 Å². The Bertz CT molecular complexity index is 82.2. The largest absolute Gasteiger partial charge is 0.310 e. The van der Waals surface area contributed by atoms with Crippen molar-refractivity contribution in [3.05, 3.63) is 12.2 Å². The second-order valence-corrected chi connectivity index (χ2v) is 2.14. The zero-order valence-electron chi connectivity index (χ0n) is 4.70. The second kappa shape index (κ2) is 1.66. The van der Waals surface area contributed by atoms with Gasteiger partial charge in [0.25, 0.3) is 0 Å². The quantitative estimate of drug-likeness (QED) is 0.480. The second-order valence-electron chi connectivity index (χ2n) is 2.14. The normalized spacial score (nSPS) is 29.0. The molecule has 1 N–H and O–H groups in total. The SMILES string of the molecule is C=C(C)[C@@H]1CCN1. The fourth-order valence-corrected chi connectivity index (χ4v) is 0.709. The molecule has 1 heteroatoms. The minimum absolute atomic E-state index is 0.639. The molecule has 0 amide bonds. The molecule has 0 aliphatic carbocycles. The first-order chi connectivity index (χ1) is 3.30. The molecule has 7 heavy (non-hydrogen) atoms. The molecule has 1 heterocycles. The van der Waals surface area contributed by atoms with Crippen LogP contribution in [0.15, 0.2) is 12.2 Å². The Hall–Kier alpha value is -0.300.